The second kappa shape index (κ2) is 7.41. The number of hydrogen-bond acceptors (Lipinski definition) is 4. The first-order valence-corrected chi connectivity index (χ1v) is 9.90. The molecule has 0 atom stereocenters. The molecule has 0 saturated heterocycles. The van der Waals surface area contributed by atoms with Gasteiger partial charge in [-0.15, -0.1) is 11.3 Å². The molecule has 0 spiro atoms. The van der Waals surface area contributed by atoms with Crippen LogP contribution in [0.15, 0.2) is 47.3 Å². The van der Waals surface area contributed by atoms with Crippen LogP contribution in [0, 0.1) is 6.92 Å². The number of carbonyl (C=O) groups excluding carboxylic acids is 1. The van der Waals surface area contributed by atoms with E-state index < -0.39 is 35.4 Å². The predicted octanol–water partition coefficient (Wildman–Crippen LogP) is 5.23. The minimum Gasteiger partial charge on any atom is -0.324 e. The summed E-state index contributed by atoms with van der Waals surface area (Å²) in [5, 5.41) is 2.95. The number of hydrogen-bond donors (Lipinski definition) is 1. The zero-order valence-corrected chi connectivity index (χ0v) is 17.0. The summed E-state index contributed by atoms with van der Waals surface area (Å²) in [4.78, 5) is 29.8. The second-order valence-electron chi connectivity index (χ2n) is 6.56. The maximum absolute atomic E-state index is 13.2. The second-order valence-corrected chi connectivity index (χ2v) is 8.05. The summed E-state index contributed by atoms with van der Waals surface area (Å²) in [6, 6.07) is 10.5. The van der Waals surface area contributed by atoms with E-state index in [4.69, 9.17) is 11.6 Å². The van der Waals surface area contributed by atoms with E-state index in [1.54, 1.807) is 6.92 Å². The summed E-state index contributed by atoms with van der Waals surface area (Å²) < 4.78 is 42.1. The van der Waals surface area contributed by atoms with E-state index >= 15 is 0 Å². The minimum atomic E-state index is -4.70. The smallest absolute Gasteiger partial charge is 0.324 e. The van der Waals surface area contributed by atoms with E-state index in [1.807, 2.05) is 24.3 Å². The van der Waals surface area contributed by atoms with Gasteiger partial charge in [-0.25, -0.2) is 4.98 Å². The molecule has 2 heterocycles. The van der Waals surface area contributed by atoms with Gasteiger partial charge in [-0.1, -0.05) is 29.8 Å². The SMILES string of the molecule is Cc1nc2c(sc3ccccc32)c(=O)n1CC(=O)Nc1ccc(Cl)cc1C(F)(F)F. The van der Waals surface area contributed by atoms with Gasteiger partial charge in [0.25, 0.3) is 5.56 Å². The molecule has 30 heavy (non-hydrogen) atoms. The molecule has 0 aliphatic heterocycles. The lowest BCUT2D eigenvalue weighted by molar-refractivity contribution is -0.137. The first-order chi connectivity index (χ1) is 14.1. The number of anilines is 1. The molecule has 0 radical (unpaired) electrons. The Morgan fingerprint density at radius 1 is 1.23 bits per heavy atom. The Balaban J connectivity index is 1.69. The van der Waals surface area contributed by atoms with Crippen molar-refractivity contribution < 1.29 is 18.0 Å². The van der Waals surface area contributed by atoms with Gasteiger partial charge in [-0.2, -0.15) is 13.2 Å². The maximum Gasteiger partial charge on any atom is 0.418 e. The molecule has 2 aromatic heterocycles. The average molecular weight is 452 g/mol. The van der Waals surface area contributed by atoms with Crippen molar-refractivity contribution in [2.24, 2.45) is 0 Å². The lowest BCUT2D eigenvalue weighted by Crippen LogP contribution is -2.30. The number of amides is 1. The number of aryl methyl sites for hydroxylation is 1. The van der Waals surface area contributed by atoms with Gasteiger partial charge in [0.15, 0.2) is 0 Å². The molecule has 1 N–H and O–H groups in total. The summed E-state index contributed by atoms with van der Waals surface area (Å²) in [6.45, 7) is 1.10. The van der Waals surface area contributed by atoms with Crippen LogP contribution in [-0.2, 0) is 17.5 Å². The van der Waals surface area contributed by atoms with Crippen molar-refractivity contribution in [1.29, 1.82) is 0 Å². The Kier molecular flexibility index (Phi) is 5.03. The van der Waals surface area contributed by atoms with Gasteiger partial charge in [-0.3, -0.25) is 14.2 Å². The highest BCUT2D eigenvalue weighted by Gasteiger charge is 2.34. The number of thiophene rings is 1. The third-order valence-corrected chi connectivity index (χ3v) is 5.92. The van der Waals surface area contributed by atoms with Gasteiger partial charge in [0.2, 0.25) is 5.91 Å². The Bertz CT molecular complexity index is 1360. The molecule has 2 aromatic carbocycles. The molecule has 1 amide bonds. The van der Waals surface area contributed by atoms with Gasteiger partial charge in [0, 0.05) is 15.1 Å². The zero-order valence-electron chi connectivity index (χ0n) is 15.4. The summed E-state index contributed by atoms with van der Waals surface area (Å²) >= 11 is 6.91. The zero-order chi connectivity index (χ0) is 21.6. The molecule has 0 fully saturated rings. The summed E-state index contributed by atoms with van der Waals surface area (Å²) in [6.07, 6.45) is -4.70. The fourth-order valence-corrected chi connectivity index (χ4v) is 4.42. The summed E-state index contributed by atoms with van der Waals surface area (Å²) in [7, 11) is 0. The molecular weight excluding hydrogens is 439 g/mol. The number of fused-ring (bicyclic) bond motifs is 3. The van der Waals surface area contributed by atoms with Crippen molar-refractivity contribution in [3.63, 3.8) is 0 Å². The van der Waals surface area contributed by atoms with Crippen LogP contribution in [0.25, 0.3) is 20.3 Å². The molecule has 0 aliphatic carbocycles. The highest BCUT2D eigenvalue weighted by Crippen LogP contribution is 2.36. The maximum atomic E-state index is 13.2. The molecule has 10 heteroatoms. The van der Waals surface area contributed by atoms with Crippen molar-refractivity contribution in [3.05, 3.63) is 69.2 Å². The van der Waals surface area contributed by atoms with Crippen molar-refractivity contribution in [2.45, 2.75) is 19.6 Å². The normalized spacial score (nSPS) is 11.9. The molecule has 0 unspecified atom stereocenters. The number of benzene rings is 2. The third-order valence-electron chi connectivity index (χ3n) is 4.54. The predicted molar refractivity (Wildman–Crippen MR) is 111 cm³/mol. The number of alkyl halides is 3. The minimum absolute atomic E-state index is 0.105. The quantitative estimate of drug-likeness (QED) is 0.464. The average Bonchev–Trinajstić information content (AvgIpc) is 3.04. The van der Waals surface area contributed by atoms with Crippen molar-refractivity contribution in [3.8, 4) is 0 Å². The molecule has 0 saturated carbocycles. The third kappa shape index (κ3) is 3.66. The van der Waals surface area contributed by atoms with Crippen LogP contribution in [0.2, 0.25) is 5.02 Å². The van der Waals surface area contributed by atoms with E-state index in [9.17, 15) is 22.8 Å². The monoisotopic (exact) mass is 451 g/mol. The Labute approximate surface area is 176 Å². The molecule has 0 aliphatic rings. The molecular formula is C20H13ClF3N3O2S. The lowest BCUT2D eigenvalue weighted by Gasteiger charge is -2.15. The van der Waals surface area contributed by atoms with E-state index in [0.717, 1.165) is 26.8 Å². The summed E-state index contributed by atoms with van der Waals surface area (Å²) in [5.74, 6) is -0.492. The van der Waals surface area contributed by atoms with E-state index in [0.29, 0.717) is 16.0 Å². The Morgan fingerprint density at radius 3 is 2.70 bits per heavy atom. The van der Waals surface area contributed by atoms with E-state index in [-0.39, 0.29) is 5.02 Å². The molecule has 4 rings (SSSR count). The van der Waals surface area contributed by atoms with Gasteiger partial charge in [0.05, 0.1) is 16.8 Å². The first-order valence-electron chi connectivity index (χ1n) is 8.70. The van der Waals surface area contributed by atoms with Crippen LogP contribution in [0.1, 0.15) is 11.4 Å². The standard InChI is InChI=1S/C20H13ClF3N3O2S/c1-10-25-17-12-4-2-3-5-15(12)30-18(17)19(29)27(10)9-16(28)26-14-7-6-11(21)8-13(14)20(22,23)24/h2-8H,9H2,1H3,(H,26,28). The number of rotatable bonds is 3. The molecule has 4 aromatic rings. The number of nitrogens with zero attached hydrogens (tertiary/aromatic N) is 2. The number of carbonyl (C=O) groups is 1. The number of halogens is 4. The van der Waals surface area contributed by atoms with Crippen LogP contribution in [0.4, 0.5) is 18.9 Å². The van der Waals surface area contributed by atoms with Gasteiger partial charge < -0.3 is 5.32 Å². The van der Waals surface area contributed by atoms with E-state index in [1.165, 1.54) is 17.4 Å². The largest absolute Gasteiger partial charge is 0.418 e. The van der Waals surface area contributed by atoms with Crippen LogP contribution >= 0.6 is 22.9 Å². The molecule has 5 nitrogen and oxygen atoms in total. The first kappa shape index (κ1) is 20.4. The fourth-order valence-electron chi connectivity index (χ4n) is 3.16. The van der Waals surface area contributed by atoms with Gasteiger partial charge in [-0.05, 0) is 31.2 Å². The number of nitrogens with one attached hydrogen (secondary N) is 1. The number of aromatic nitrogens is 2. The molecule has 154 valence electrons. The van der Waals surface area contributed by atoms with Crippen molar-refractivity contribution in [2.75, 3.05) is 5.32 Å². The molecule has 0 bridgehead atoms. The van der Waals surface area contributed by atoms with Crippen LogP contribution in [0.5, 0.6) is 0 Å². The Hall–Kier alpha value is -2.91. The van der Waals surface area contributed by atoms with Crippen molar-refractivity contribution in [1.82, 2.24) is 9.55 Å². The lowest BCUT2D eigenvalue weighted by atomic mass is 10.1. The van der Waals surface area contributed by atoms with E-state index in [2.05, 4.69) is 10.3 Å². The Morgan fingerprint density at radius 2 is 1.97 bits per heavy atom. The fraction of sp³-hybridized carbons (Fsp3) is 0.150. The topological polar surface area (TPSA) is 64.0 Å². The van der Waals surface area contributed by atoms with Gasteiger partial charge in [0.1, 0.15) is 17.1 Å². The summed E-state index contributed by atoms with van der Waals surface area (Å²) in [5.41, 5.74) is -1.36. The highest BCUT2D eigenvalue weighted by molar-refractivity contribution is 7.25. The van der Waals surface area contributed by atoms with Crippen LogP contribution in [-0.4, -0.2) is 15.5 Å². The van der Waals surface area contributed by atoms with Crippen molar-refractivity contribution >= 4 is 54.8 Å². The van der Waals surface area contributed by atoms with Gasteiger partial charge >= 0.3 is 6.18 Å². The highest BCUT2D eigenvalue weighted by atomic mass is 35.5. The van der Waals surface area contributed by atoms with Crippen LogP contribution in [0.3, 0.4) is 0 Å². The van der Waals surface area contributed by atoms with Crippen LogP contribution < -0.4 is 10.9 Å².